The van der Waals surface area contributed by atoms with Gasteiger partial charge in [0.1, 0.15) is 5.82 Å². The second-order valence-electron chi connectivity index (χ2n) is 2.55. The first-order chi connectivity index (χ1) is 7.09. The minimum absolute atomic E-state index is 0.156. The van der Waals surface area contributed by atoms with E-state index in [2.05, 4.69) is 36.5 Å². The number of nitrogens with two attached hydrogens (primary N) is 1. The van der Waals surface area contributed by atoms with Crippen molar-refractivity contribution >= 4 is 39.4 Å². The highest BCUT2D eigenvalue weighted by Gasteiger charge is 2.02. The van der Waals surface area contributed by atoms with E-state index in [1.54, 1.807) is 6.20 Å². The Bertz CT molecular complexity index is 361. The number of nitrogens with zero attached hydrogens (tertiary/aromatic N) is 2. The van der Waals surface area contributed by atoms with E-state index in [1.165, 1.54) is 0 Å². The number of nitrogens with one attached hydrogen (secondary N) is 2. The Morgan fingerprint density at radius 3 is 3.00 bits per heavy atom. The maximum Gasteiger partial charge on any atom is 0.312 e. The Morgan fingerprint density at radius 1 is 1.60 bits per heavy atom. The number of carbonyl (C=O) groups excluding carboxylic acids is 1. The molecule has 15 heavy (non-hydrogen) atoms. The van der Waals surface area contributed by atoms with E-state index in [0.717, 1.165) is 0 Å². The molecule has 0 bridgehead atoms. The van der Waals surface area contributed by atoms with Gasteiger partial charge in [-0.3, -0.25) is 0 Å². The first kappa shape index (κ1) is 12.0. The maximum absolute atomic E-state index is 10.4. The molecule has 1 aromatic heterocycles. The number of rotatable bonds is 4. The molecule has 2 amide bonds. The summed E-state index contributed by atoms with van der Waals surface area (Å²) in [6.07, 6.45) is 1.54. The van der Waals surface area contributed by atoms with Crippen molar-refractivity contribution in [3.05, 3.63) is 16.0 Å². The molecule has 82 valence electrons. The van der Waals surface area contributed by atoms with Gasteiger partial charge in [-0.1, -0.05) is 0 Å². The second-order valence-corrected chi connectivity index (χ2v) is 3.75. The number of halogens is 2. The Balaban J connectivity index is 2.43. The number of hydrogen-bond donors (Lipinski definition) is 3. The summed E-state index contributed by atoms with van der Waals surface area (Å²) in [5.74, 6) is 0.571. The van der Waals surface area contributed by atoms with Crippen LogP contribution in [0, 0.1) is 0 Å². The molecule has 1 rings (SSSR count). The highest BCUT2D eigenvalue weighted by atomic mass is 79.9. The molecular weight excluding hydrogens is 285 g/mol. The third-order valence-electron chi connectivity index (χ3n) is 1.43. The van der Waals surface area contributed by atoms with Gasteiger partial charge in [0.15, 0.2) is 0 Å². The van der Waals surface area contributed by atoms with Crippen LogP contribution in [0.3, 0.4) is 0 Å². The van der Waals surface area contributed by atoms with Gasteiger partial charge in [-0.05, 0) is 27.5 Å². The van der Waals surface area contributed by atoms with Crippen LogP contribution in [-0.4, -0.2) is 29.1 Å². The minimum atomic E-state index is -0.559. The average Bonchev–Trinajstić information content (AvgIpc) is 2.17. The normalized spacial score (nSPS) is 9.73. The zero-order chi connectivity index (χ0) is 11.3. The summed E-state index contributed by atoms with van der Waals surface area (Å²) >= 11 is 8.86. The fraction of sp³-hybridized carbons (Fsp3) is 0.286. The van der Waals surface area contributed by atoms with Gasteiger partial charge in [0, 0.05) is 19.3 Å². The fourth-order valence-electron chi connectivity index (χ4n) is 0.836. The summed E-state index contributed by atoms with van der Waals surface area (Å²) in [5, 5.41) is 5.55. The molecule has 0 aromatic carbocycles. The van der Waals surface area contributed by atoms with E-state index in [9.17, 15) is 4.79 Å². The van der Waals surface area contributed by atoms with Crippen LogP contribution in [-0.2, 0) is 0 Å². The van der Waals surface area contributed by atoms with Crippen molar-refractivity contribution in [2.75, 3.05) is 18.4 Å². The van der Waals surface area contributed by atoms with Crippen LogP contribution in [0.25, 0.3) is 0 Å². The number of anilines is 1. The number of amides is 2. The van der Waals surface area contributed by atoms with Crippen LogP contribution in [0.5, 0.6) is 0 Å². The molecule has 0 unspecified atom stereocenters. The summed E-state index contributed by atoms with van der Waals surface area (Å²) in [6, 6.07) is -0.559. The Labute approximate surface area is 99.7 Å². The third-order valence-corrected chi connectivity index (χ3v) is 2.19. The molecule has 8 heteroatoms. The molecule has 1 aromatic rings. The molecule has 0 saturated heterocycles. The largest absolute Gasteiger partial charge is 0.367 e. The van der Waals surface area contributed by atoms with Crippen molar-refractivity contribution in [3.63, 3.8) is 0 Å². The highest BCUT2D eigenvalue weighted by molar-refractivity contribution is 9.10. The number of primary amides is 1. The van der Waals surface area contributed by atoms with E-state index >= 15 is 0 Å². The van der Waals surface area contributed by atoms with Crippen LogP contribution in [0.15, 0.2) is 10.7 Å². The van der Waals surface area contributed by atoms with E-state index in [-0.39, 0.29) is 5.28 Å². The van der Waals surface area contributed by atoms with Gasteiger partial charge in [0.05, 0.1) is 4.47 Å². The van der Waals surface area contributed by atoms with Gasteiger partial charge < -0.3 is 16.4 Å². The van der Waals surface area contributed by atoms with Crippen LogP contribution >= 0.6 is 27.5 Å². The fourth-order valence-corrected chi connectivity index (χ4v) is 1.30. The third kappa shape index (κ3) is 4.30. The molecular formula is C7H9BrClN5O. The number of aromatic nitrogens is 2. The summed E-state index contributed by atoms with van der Waals surface area (Å²) in [4.78, 5) is 18.1. The molecule has 0 aliphatic carbocycles. The molecule has 0 fully saturated rings. The lowest BCUT2D eigenvalue weighted by Gasteiger charge is -2.07. The lowest BCUT2D eigenvalue weighted by Crippen LogP contribution is -2.33. The predicted molar refractivity (Wildman–Crippen MR) is 60.8 cm³/mol. The first-order valence-electron chi connectivity index (χ1n) is 4.05. The molecule has 4 N–H and O–H groups in total. The molecule has 6 nitrogen and oxygen atoms in total. The molecule has 0 saturated carbocycles. The zero-order valence-corrected chi connectivity index (χ0v) is 9.97. The number of carbonyl (C=O) groups is 1. The lowest BCUT2D eigenvalue weighted by molar-refractivity contribution is 0.249. The van der Waals surface area contributed by atoms with Gasteiger partial charge in [-0.15, -0.1) is 0 Å². The highest BCUT2D eigenvalue weighted by Crippen LogP contribution is 2.19. The minimum Gasteiger partial charge on any atom is -0.367 e. The molecule has 0 aliphatic heterocycles. The van der Waals surface area contributed by atoms with E-state index in [4.69, 9.17) is 17.3 Å². The standard InChI is InChI=1S/C7H9BrClN5O/c8-4-3-13-6(9)14-5(4)11-1-2-12-7(10)15/h3H,1-2H2,(H3,10,12,15)(H,11,13,14). The summed E-state index contributed by atoms with van der Waals surface area (Å²) in [6.45, 7) is 0.901. The van der Waals surface area contributed by atoms with Crippen LogP contribution in [0.1, 0.15) is 0 Å². The Hall–Kier alpha value is -1.08. The SMILES string of the molecule is NC(=O)NCCNc1nc(Cl)ncc1Br. The summed E-state index contributed by atoms with van der Waals surface area (Å²) in [5.41, 5.74) is 4.89. The van der Waals surface area contributed by atoms with Gasteiger partial charge in [0.2, 0.25) is 5.28 Å². The smallest absolute Gasteiger partial charge is 0.312 e. The van der Waals surface area contributed by atoms with Crippen molar-refractivity contribution in [2.24, 2.45) is 5.73 Å². The number of urea groups is 1. The van der Waals surface area contributed by atoms with Crippen LogP contribution in [0.2, 0.25) is 5.28 Å². The molecule has 0 spiro atoms. The zero-order valence-electron chi connectivity index (χ0n) is 7.63. The van der Waals surface area contributed by atoms with Gasteiger partial charge in [-0.25, -0.2) is 9.78 Å². The van der Waals surface area contributed by atoms with Crippen molar-refractivity contribution in [2.45, 2.75) is 0 Å². The monoisotopic (exact) mass is 293 g/mol. The maximum atomic E-state index is 10.4. The molecule has 1 heterocycles. The predicted octanol–water partition coefficient (Wildman–Crippen LogP) is 0.973. The first-order valence-corrected chi connectivity index (χ1v) is 5.22. The average molecular weight is 295 g/mol. The van der Waals surface area contributed by atoms with Crippen molar-refractivity contribution in [1.82, 2.24) is 15.3 Å². The lowest BCUT2D eigenvalue weighted by atomic mass is 10.5. The van der Waals surface area contributed by atoms with Crippen molar-refractivity contribution in [3.8, 4) is 0 Å². The second kappa shape index (κ2) is 5.72. The van der Waals surface area contributed by atoms with Gasteiger partial charge in [0.25, 0.3) is 0 Å². The molecule has 0 atom stereocenters. The topological polar surface area (TPSA) is 92.9 Å². The summed E-state index contributed by atoms with van der Waals surface area (Å²) in [7, 11) is 0. The molecule has 0 radical (unpaired) electrons. The van der Waals surface area contributed by atoms with Crippen molar-refractivity contribution < 1.29 is 4.79 Å². The Morgan fingerprint density at radius 2 is 2.33 bits per heavy atom. The van der Waals surface area contributed by atoms with E-state index in [1.807, 2.05) is 0 Å². The summed E-state index contributed by atoms with van der Waals surface area (Å²) < 4.78 is 0.700. The number of hydrogen-bond acceptors (Lipinski definition) is 4. The quantitative estimate of drug-likeness (QED) is 0.570. The molecule has 0 aliphatic rings. The van der Waals surface area contributed by atoms with E-state index < -0.39 is 6.03 Å². The van der Waals surface area contributed by atoms with Crippen molar-refractivity contribution in [1.29, 1.82) is 0 Å². The van der Waals surface area contributed by atoms with E-state index in [0.29, 0.717) is 23.4 Å². The van der Waals surface area contributed by atoms with Crippen LogP contribution in [0.4, 0.5) is 10.6 Å². The Kier molecular flexibility index (Phi) is 4.57. The van der Waals surface area contributed by atoms with Gasteiger partial charge in [-0.2, -0.15) is 4.98 Å². The van der Waals surface area contributed by atoms with Gasteiger partial charge >= 0.3 is 6.03 Å². The van der Waals surface area contributed by atoms with Crippen LogP contribution < -0.4 is 16.4 Å².